The number of hydrogen-bond acceptors (Lipinski definition) is 8. The highest BCUT2D eigenvalue weighted by Crippen LogP contribution is 2.53. The van der Waals surface area contributed by atoms with E-state index in [1.165, 1.54) is 14.0 Å². The molecule has 1 saturated heterocycles. The lowest BCUT2D eigenvalue weighted by Gasteiger charge is -2.40. The van der Waals surface area contributed by atoms with E-state index in [0.717, 1.165) is 16.7 Å². The highest BCUT2D eigenvalue weighted by atomic mass is 31.2. The second-order valence-electron chi connectivity index (χ2n) is 8.82. The molecule has 10 nitrogen and oxygen atoms in total. The van der Waals surface area contributed by atoms with Gasteiger partial charge in [0.05, 0.1) is 20.1 Å². The number of amides is 1. The highest BCUT2D eigenvalue weighted by Gasteiger charge is 2.49. The molecular formula is C22H33N2O8P. The third-order valence-electron chi connectivity index (χ3n) is 5.02. The van der Waals surface area contributed by atoms with Crippen molar-refractivity contribution in [1.82, 2.24) is 10.4 Å². The van der Waals surface area contributed by atoms with E-state index < -0.39 is 43.2 Å². The monoisotopic (exact) mass is 484 g/mol. The molecular weight excluding hydrogens is 451 g/mol. The topological polar surface area (TPSA) is 129 Å². The van der Waals surface area contributed by atoms with E-state index in [1.54, 1.807) is 13.8 Å². The molecule has 1 aromatic rings. The van der Waals surface area contributed by atoms with Crippen LogP contribution in [0.1, 0.15) is 43.9 Å². The molecule has 0 saturated carbocycles. The SMILES string of the molecule is COC(=O)CCNC(=O)[C@@H]1OP(=O)(NC(C)C(=O)OCc2cc(C)cc(C)c2)OCC1(C)C. The van der Waals surface area contributed by atoms with Crippen LogP contribution in [0.4, 0.5) is 0 Å². The number of nitrogens with one attached hydrogen (secondary N) is 2. The van der Waals surface area contributed by atoms with E-state index in [1.807, 2.05) is 32.0 Å². The maximum absolute atomic E-state index is 13.1. The molecule has 1 fully saturated rings. The molecule has 1 aliphatic heterocycles. The summed E-state index contributed by atoms with van der Waals surface area (Å²) < 4.78 is 33.9. The summed E-state index contributed by atoms with van der Waals surface area (Å²) >= 11 is 0. The van der Waals surface area contributed by atoms with E-state index in [4.69, 9.17) is 13.8 Å². The van der Waals surface area contributed by atoms with Gasteiger partial charge in [-0.05, 0) is 26.3 Å². The molecule has 184 valence electrons. The molecule has 0 bridgehead atoms. The van der Waals surface area contributed by atoms with Gasteiger partial charge < -0.3 is 14.8 Å². The molecule has 0 radical (unpaired) electrons. The summed E-state index contributed by atoms with van der Waals surface area (Å²) in [6.07, 6.45) is -1.13. The maximum Gasteiger partial charge on any atom is 0.407 e. The average Bonchev–Trinajstić information content (AvgIpc) is 2.73. The zero-order chi connectivity index (χ0) is 24.8. The van der Waals surface area contributed by atoms with Crippen LogP contribution in [0.2, 0.25) is 0 Å². The van der Waals surface area contributed by atoms with Crippen molar-refractivity contribution in [2.75, 3.05) is 20.3 Å². The van der Waals surface area contributed by atoms with Crippen LogP contribution < -0.4 is 10.4 Å². The van der Waals surface area contributed by atoms with E-state index in [9.17, 15) is 18.9 Å². The minimum atomic E-state index is -3.98. The van der Waals surface area contributed by atoms with Crippen LogP contribution in [0.5, 0.6) is 0 Å². The van der Waals surface area contributed by atoms with Gasteiger partial charge in [-0.25, -0.2) is 9.65 Å². The van der Waals surface area contributed by atoms with Gasteiger partial charge in [-0.1, -0.05) is 43.2 Å². The van der Waals surface area contributed by atoms with E-state index in [2.05, 4.69) is 15.1 Å². The number of carbonyl (C=O) groups excluding carboxylic acids is 3. The van der Waals surface area contributed by atoms with Crippen LogP contribution in [-0.2, 0) is 44.1 Å². The molecule has 11 heteroatoms. The minimum Gasteiger partial charge on any atom is -0.469 e. The second-order valence-corrected chi connectivity index (χ2v) is 10.5. The van der Waals surface area contributed by atoms with Crippen LogP contribution in [-0.4, -0.2) is 50.3 Å². The lowest BCUT2D eigenvalue weighted by Crippen LogP contribution is -2.51. The van der Waals surface area contributed by atoms with Crippen LogP contribution >= 0.6 is 7.75 Å². The summed E-state index contributed by atoms with van der Waals surface area (Å²) in [5.74, 6) is -1.65. The first-order valence-corrected chi connectivity index (χ1v) is 12.2. The van der Waals surface area contributed by atoms with E-state index in [0.29, 0.717) is 0 Å². The van der Waals surface area contributed by atoms with Gasteiger partial charge in [-0.2, -0.15) is 0 Å². The summed E-state index contributed by atoms with van der Waals surface area (Å²) in [4.78, 5) is 36.3. The smallest absolute Gasteiger partial charge is 0.407 e. The standard InChI is InChI=1S/C22H33N2O8P/c1-14-9-15(2)11-17(10-14)12-30-21(27)16(3)24-33(28)31-13-22(4,5)19(32-33)20(26)23-8-7-18(25)29-6/h9-11,16,19H,7-8,12-13H2,1-6H3,(H,23,26)(H,24,28)/t16?,19-,33?/m0/s1. The van der Waals surface area contributed by atoms with Crippen LogP contribution in [0.25, 0.3) is 0 Å². The number of rotatable bonds is 9. The molecule has 33 heavy (non-hydrogen) atoms. The summed E-state index contributed by atoms with van der Waals surface area (Å²) in [5.41, 5.74) is 2.16. The van der Waals surface area contributed by atoms with Crippen LogP contribution in [0, 0.1) is 19.3 Å². The molecule has 2 rings (SSSR count). The van der Waals surface area contributed by atoms with Gasteiger partial charge >= 0.3 is 19.7 Å². The predicted molar refractivity (Wildman–Crippen MR) is 120 cm³/mol. The molecule has 1 amide bonds. The Morgan fingerprint density at radius 2 is 1.85 bits per heavy atom. The van der Waals surface area contributed by atoms with Crippen LogP contribution in [0.3, 0.4) is 0 Å². The van der Waals surface area contributed by atoms with Gasteiger partial charge in [0.2, 0.25) is 5.91 Å². The number of esters is 2. The van der Waals surface area contributed by atoms with E-state index >= 15 is 0 Å². The number of aryl methyl sites for hydroxylation is 2. The molecule has 1 aromatic carbocycles. The summed E-state index contributed by atoms with van der Waals surface area (Å²) in [7, 11) is -2.73. The molecule has 2 N–H and O–H groups in total. The quantitative estimate of drug-likeness (QED) is 0.401. The number of methoxy groups -OCH3 is 1. The van der Waals surface area contributed by atoms with Gasteiger partial charge in [-0.15, -0.1) is 0 Å². The molecule has 1 aliphatic rings. The van der Waals surface area contributed by atoms with Gasteiger partial charge in [0, 0.05) is 12.0 Å². The van der Waals surface area contributed by atoms with Crippen molar-refractivity contribution in [1.29, 1.82) is 0 Å². The largest absolute Gasteiger partial charge is 0.469 e. The van der Waals surface area contributed by atoms with Gasteiger partial charge in [0.25, 0.3) is 0 Å². The number of carbonyl (C=O) groups is 3. The fourth-order valence-electron chi connectivity index (χ4n) is 3.31. The van der Waals surface area contributed by atoms with Crippen molar-refractivity contribution >= 4 is 25.6 Å². The Kier molecular flexibility index (Phi) is 9.20. The first-order valence-electron chi connectivity index (χ1n) is 10.6. The summed E-state index contributed by atoms with van der Waals surface area (Å²) in [6.45, 7) is 8.90. The maximum atomic E-state index is 13.1. The van der Waals surface area contributed by atoms with Crippen molar-refractivity contribution in [2.45, 2.75) is 59.8 Å². The zero-order valence-corrected chi connectivity index (χ0v) is 20.8. The first kappa shape index (κ1) is 27.0. The summed E-state index contributed by atoms with van der Waals surface area (Å²) in [5, 5.41) is 5.12. The Morgan fingerprint density at radius 1 is 1.21 bits per heavy atom. The highest BCUT2D eigenvalue weighted by molar-refractivity contribution is 7.51. The fourth-order valence-corrected chi connectivity index (χ4v) is 5.25. The Balaban J connectivity index is 1.96. The van der Waals surface area contributed by atoms with Crippen LogP contribution in [0.15, 0.2) is 18.2 Å². The fraction of sp³-hybridized carbons (Fsp3) is 0.591. The molecule has 0 spiro atoms. The predicted octanol–water partition coefficient (Wildman–Crippen LogP) is 2.55. The summed E-state index contributed by atoms with van der Waals surface area (Å²) in [6, 6.07) is 4.84. The van der Waals surface area contributed by atoms with Crippen molar-refractivity contribution in [3.05, 3.63) is 34.9 Å². The average molecular weight is 484 g/mol. The van der Waals surface area contributed by atoms with Crippen molar-refractivity contribution in [3.63, 3.8) is 0 Å². The molecule has 1 heterocycles. The van der Waals surface area contributed by atoms with Gasteiger partial charge in [0.15, 0.2) is 6.10 Å². The van der Waals surface area contributed by atoms with E-state index in [-0.39, 0.29) is 26.2 Å². The zero-order valence-electron chi connectivity index (χ0n) is 19.9. The van der Waals surface area contributed by atoms with Crippen molar-refractivity contribution < 1.29 is 37.5 Å². The molecule has 0 aromatic heterocycles. The second kappa shape index (κ2) is 11.2. The molecule has 3 atom stereocenters. The van der Waals surface area contributed by atoms with Crippen molar-refractivity contribution in [2.24, 2.45) is 5.41 Å². The number of benzene rings is 1. The third kappa shape index (κ3) is 7.92. The van der Waals surface area contributed by atoms with Gasteiger partial charge in [0.1, 0.15) is 12.6 Å². The number of hydrogen-bond donors (Lipinski definition) is 2. The van der Waals surface area contributed by atoms with Crippen molar-refractivity contribution in [3.8, 4) is 0 Å². The molecule has 2 unspecified atom stereocenters. The Morgan fingerprint density at radius 3 is 2.45 bits per heavy atom. The number of ether oxygens (including phenoxy) is 2. The molecule has 0 aliphatic carbocycles. The minimum absolute atomic E-state index is 0.00879. The third-order valence-corrected chi connectivity index (χ3v) is 6.68. The first-order chi connectivity index (χ1) is 15.3. The van der Waals surface area contributed by atoms with Gasteiger partial charge in [-0.3, -0.25) is 23.4 Å². The lowest BCUT2D eigenvalue weighted by atomic mass is 9.87. The Hall–Kier alpha value is -2.26. The lowest BCUT2D eigenvalue weighted by molar-refractivity contribution is -0.147. The normalized spacial score (nSPS) is 22.8. The Labute approximate surface area is 194 Å². The Bertz CT molecular complexity index is 913.